The number of carbonyl (C=O) groups excluding carboxylic acids is 1. The second-order valence-electron chi connectivity index (χ2n) is 11.7. The number of carbonyl (C=O) groups is 1. The van der Waals surface area contributed by atoms with E-state index in [1.807, 2.05) is 4.90 Å². The minimum Gasteiger partial charge on any atom is -0.382 e. The minimum absolute atomic E-state index is 0.100. The molecule has 5 nitrogen and oxygen atoms in total. The molecule has 2 aliphatic heterocycles. The van der Waals surface area contributed by atoms with Crippen LogP contribution >= 0.6 is 11.8 Å². The Morgan fingerprint density at radius 3 is 2.05 bits per heavy atom. The fourth-order valence-corrected chi connectivity index (χ4v) is 5.86. The predicted octanol–water partition coefficient (Wildman–Crippen LogP) is 6.97. The maximum absolute atomic E-state index is 13.0. The highest BCUT2D eigenvalue weighted by Gasteiger charge is 2.29. The maximum atomic E-state index is 13.0. The van der Waals surface area contributed by atoms with Crippen molar-refractivity contribution in [3.8, 4) is 0 Å². The van der Waals surface area contributed by atoms with Gasteiger partial charge in [0.05, 0.1) is 0 Å². The lowest BCUT2D eigenvalue weighted by molar-refractivity contribution is -0.132. The lowest BCUT2D eigenvalue weighted by Gasteiger charge is -2.35. The van der Waals surface area contributed by atoms with Crippen LogP contribution in [-0.4, -0.2) is 66.0 Å². The quantitative estimate of drug-likeness (QED) is 0.341. The molecule has 2 N–H and O–H groups in total. The Hall–Kier alpha value is -2.39. The van der Waals surface area contributed by atoms with E-state index in [0.717, 1.165) is 57.5 Å². The molecule has 0 radical (unpaired) electrons. The molecule has 1 atom stereocenters. The van der Waals surface area contributed by atoms with Crippen LogP contribution in [0, 0.1) is 0 Å². The van der Waals surface area contributed by atoms with Gasteiger partial charge in [-0.1, -0.05) is 32.9 Å². The zero-order chi connectivity index (χ0) is 28.0. The number of anilines is 2. The lowest BCUT2D eigenvalue weighted by atomic mass is 9.87. The van der Waals surface area contributed by atoms with Gasteiger partial charge < -0.3 is 20.4 Å². The zero-order valence-electron chi connectivity index (χ0n) is 23.2. The van der Waals surface area contributed by atoms with Crippen molar-refractivity contribution in [2.75, 3.05) is 43.4 Å². The van der Waals surface area contributed by atoms with Gasteiger partial charge in [0.15, 0.2) is 0 Å². The van der Waals surface area contributed by atoms with Gasteiger partial charge >= 0.3 is 5.51 Å². The SMILES string of the molecule is CC(C)(C)c1ccc(NC2CCN(CCC(=O)N3CCC[C@H](Nc4ccc(SC(F)(F)F)cc4)C3)CC2)cc1. The number of likely N-dealkylation sites (tertiary alicyclic amines) is 2. The topological polar surface area (TPSA) is 47.6 Å². The van der Waals surface area contributed by atoms with Crippen LogP contribution in [0.5, 0.6) is 0 Å². The number of nitrogens with zero attached hydrogens (tertiary/aromatic N) is 2. The van der Waals surface area contributed by atoms with Gasteiger partial charge in [0.1, 0.15) is 0 Å². The molecule has 0 saturated carbocycles. The number of piperidine rings is 2. The number of hydrogen-bond donors (Lipinski definition) is 2. The molecule has 1 amide bonds. The Kier molecular flexibility index (Phi) is 9.75. The second kappa shape index (κ2) is 12.9. The van der Waals surface area contributed by atoms with Gasteiger partial charge in [-0.05, 0) is 84.8 Å². The van der Waals surface area contributed by atoms with Crippen LogP contribution in [-0.2, 0) is 10.2 Å². The van der Waals surface area contributed by atoms with E-state index >= 15 is 0 Å². The van der Waals surface area contributed by atoms with Crippen molar-refractivity contribution in [3.05, 3.63) is 54.1 Å². The van der Waals surface area contributed by atoms with Crippen molar-refractivity contribution in [1.29, 1.82) is 0 Å². The molecule has 0 aromatic heterocycles. The number of nitrogens with one attached hydrogen (secondary N) is 2. The van der Waals surface area contributed by atoms with E-state index < -0.39 is 5.51 Å². The van der Waals surface area contributed by atoms with Crippen molar-refractivity contribution >= 4 is 29.0 Å². The van der Waals surface area contributed by atoms with Crippen LogP contribution < -0.4 is 10.6 Å². The Morgan fingerprint density at radius 1 is 0.872 bits per heavy atom. The molecular formula is C30H41F3N4OS. The van der Waals surface area contributed by atoms with Gasteiger partial charge in [-0.25, -0.2) is 0 Å². The highest BCUT2D eigenvalue weighted by atomic mass is 32.2. The number of halogens is 3. The average Bonchev–Trinajstić information content (AvgIpc) is 2.88. The van der Waals surface area contributed by atoms with E-state index in [9.17, 15) is 18.0 Å². The molecule has 4 rings (SSSR count). The normalized spacial score (nSPS) is 19.6. The van der Waals surface area contributed by atoms with Gasteiger partial charge in [0, 0.05) is 67.5 Å². The standard InChI is InChI=1S/C30H41F3N4OS/c1-29(2,3)22-6-8-23(9-7-22)34-25-14-18-36(19-15-25)20-16-28(38)37-17-4-5-26(21-37)35-24-10-12-27(13-11-24)39-30(31,32)33/h6-13,25-26,34-35H,4-5,14-21H2,1-3H3/t26-/m0/s1. The van der Waals surface area contributed by atoms with Crippen LogP contribution in [0.15, 0.2) is 53.4 Å². The Bertz CT molecular complexity index is 1060. The van der Waals surface area contributed by atoms with Crippen LogP contribution in [0.1, 0.15) is 58.4 Å². The Balaban J connectivity index is 1.16. The van der Waals surface area contributed by atoms with Crippen molar-refractivity contribution in [1.82, 2.24) is 9.80 Å². The van der Waals surface area contributed by atoms with Gasteiger partial charge in [-0.3, -0.25) is 4.79 Å². The first-order valence-corrected chi connectivity index (χ1v) is 14.8. The predicted molar refractivity (Wildman–Crippen MR) is 154 cm³/mol. The molecule has 2 aliphatic rings. The largest absolute Gasteiger partial charge is 0.446 e. The molecule has 0 aliphatic carbocycles. The molecule has 9 heteroatoms. The molecule has 214 valence electrons. The second-order valence-corrected chi connectivity index (χ2v) is 12.9. The molecule has 2 aromatic rings. The van der Waals surface area contributed by atoms with E-state index in [1.54, 1.807) is 12.1 Å². The number of thioether (sulfide) groups is 1. The Morgan fingerprint density at radius 2 is 1.46 bits per heavy atom. The first kappa shape index (κ1) is 29.6. The summed E-state index contributed by atoms with van der Waals surface area (Å²) in [5.74, 6) is 0.178. The summed E-state index contributed by atoms with van der Waals surface area (Å²) in [5, 5.41) is 7.07. The van der Waals surface area contributed by atoms with Gasteiger partial charge in [0.25, 0.3) is 0 Å². The number of hydrogen-bond acceptors (Lipinski definition) is 5. The molecule has 2 saturated heterocycles. The van der Waals surface area contributed by atoms with Crippen molar-refractivity contribution in [3.63, 3.8) is 0 Å². The third-order valence-electron chi connectivity index (χ3n) is 7.58. The number of alkyl halides is 3. The van der Waals surface area contributed by atoms with Gasteiger partial charge in [-0.2, -0.15) is 13.2 Å². The third-order valence-corrected chi connectivity index (χ3v) is 8.32. The van der Waals surface area contributed by atoms with E-state index in [2.05, 4.69) is 60.6 Å². The van der Waals surface area contributed by atoms with E-state index in [0.29, 0.717) is 19.0 Å². The van der Waals surface area contributed by atoms with Crippen molar-refractivity contribution in [2.45, 2.75) is 80.8 Å². The molecule has 2 aromatic carbocycles. The van der Waals surface area contributed by atoms with E-state index in [-0.39, 0.29) is 34.0 Å². The fourth-order valence-electron chi connectivity index (χ4n) is 5.32. The zero-order valence-corrected chi connectivity index (χ0v) is 24.0. The first-order valence-electron chi connectivity index (χ1n) is 13.9. The molecule has 2 fully saturated rings. The van der Waals surface area contributed by atoms with Crippen LogP contribution in [0.25, 0.3) is 0 Å². The van der Waals surface area contributed by atoms with Crippen LogP contribution in [0.4, 0.5) is 24.5 Å². The van der Waals surface area contributed by atoms with Gasteiger partial charge in [0.2, 0.25) is 5.91 Å². The molecule has 0 bridgehead atoms. The first-order chi connectivity index (χ1) is 18.4. The third kappa shape index (κ3) is 9.34. The molecule has 0 spiro atoms. The maximum Gasteiger partial charge on any atom is 0.446 e. The monoisotopic (exact) mass is 562 g/mol. The lowest BCUT2D eigenvalue weighted by Crippen LogP contribution is -2.46. The summed E-state index contributed by atoms with van der Waals surface area (Å²) in [7, 11) is 0. The number of benzene rings is 2. The molecule has 39 heavy (non-hydrogen) atoms. The molecule has 0 unspecified atom stereocenters. The summed E-state index contributed by atoms with van der Waals surface area (Å²) in [6, 6.07) is 15.6. The number of amides is 1. The molecule has 2 heterocycles. The van der Waals surface area contributed by atoms with Crippen LogP contribution in [0.3, 0.4) is 0 Å². The Labute approximate surface area is 234 Å². The average molecular weight is 563 g/mol. The summed E-state index contributed by atoms with van der Waals surface area (Å²) in [6.45, 7) is 10.8. The summed E-state index contributed by atoms with van der Waals surface area (Å²) in [6.07, 6.45) is 4.49. The summed E-state index contributed by atoms with van der Waals surface area (Å²) in [5.41, 5.74) is -0.851. The summed E-state index contributed by atoms with van der Waals surface area (Å²) < 4.78 is 37.7. The molecular weight excluding hydrogens is 521 g/mol. The summed E-state index contributed by atoms with van der Waals surface area (Å²) >= 11 is -0.110. The van der Waals surface area contributed by atoms with Crippen molar-refractivity contribution < 1.29 is 18.0 Å². The number of rotatable bonds is 8. The van der Waals surface area contributed by atoms with Crippen molar-refractivity contribution in [2.24, 2.45) is 0 Å². The van der Waals surface area contributed by atoms with E-state index in [4.69, 9.17) is 0 Å². The van der Waals surface area contributed by atoms with Crippen LogP contribution in [0.2, 0.25) is 0 Å². The summed E-state index contributed by atoms with van der Waals surface area (Å²) in [4.78, 5) is 17.5. The smallest absolute Gasteiger partial charge is 0.382 e. The van der Waals surface area contributed by atoms with Gasteiger partial charge in [-0.15, -0.1) is 0 Å². The minimum atomic E-state index is -4.29. The fraction of sp³-hybridized carbons (Fsp3) is 0.567. The highest BCUT2D eigenvalue weighted by molar-refractivity contribution is 8.00. The highest BCUT2D eigenvalue weighted by Crippen LogP contribution is 2.37. The van der Waals surface area contributed by atoms with E-state index in [1.165, 1.54) is 23.4 Å².